The predicted octanol–water partition coefficient (Wildman–Crippen LogP) is 4.39. The van der Waals surface area contributed by atoms with Gasteiger partial charge < -0.3 is 9.64 Å². The molecule has 138 valence electrons. The number of thiocarbonyl (C=S) groups is 1. The highest BCUT2D eigenvalue weighted by atomic mass is 32.1. The molecule has 25 heavy (non-hydrogen) atoms. The van der Waals surface area contributed by atoms with Gasteiger partial charge in [0, 0.05) is 18.7 Å². The van der Waals surface area contributed by atoms with Gasteiger partial charge >= 0.3 is 0 Å². The number of amides is 1. The lowest BCUT2D eigenvalue weighted by molar-refractivity contribution is 0.0972. The molecule has 1 aliphatic heterocycles. The second-order valence-electron chi connectivity index (χ2n) is 6.86. The minimum atomic E-state index is -0.155. The SMILES string of the molecule is CCCCCCOc1ccc(C(=O)NC(=S)N2CCC(C)CC2)cc1. The van der Waals surface area contributed by atoms with Crippen LogP contribution in [0, 0.1) is 5.92 Å². The zero-order chi connectivity index (χ0) is 18.1. The van der Waals surface area contributed by atoms with Gasteiger partial charge in [-0.15, -0.1) is 0 Å². The quantitative estimate of drug-likeness (QED) is 0.577. The van der Waals surface area contributed by atoms with Crippen molar-refractivity contribution in [2.24, 2.45) is 5.92 Å². The van der Waals surface area contributed by atoms with Crippen molar-refractivity contribution in [1.29, 1.82) is 0 Å². The summed E-state index contributed by atoms with van der Waals surface area (Å²) in [4.78, 5) is 14.4. The summed E-state index contributed by atoms with van der Waals surface area (Å²) in [6.07, 6.45) is 6.99. The van der Waals surface area contributed by atoms with Crippen LogP contribution in [0.4, 0.5) is 0 Å². The van der Waals surface area contributed by atoms with Crippen molar-refractivity contribution in [3.63, 3.8) is 0 Å². The van der Waals surface area contributed by atoms with E-state index < -0.39 is 0 Å². The van der Waals surface area contributed by atoms with Crippen LogP contribution >= 0.6 is 12.2 Å². The molecule has 4 nitrogen and oxygen atoms in total. The third kappa shape index (κ3) is 6.65. The zero-order valence-electron chi connectivity index (χ0n) is 15.4. The van der Waals surface area contributed by atoms with Crippen LogP contribution in [-0.4, -0.2) is 35.6 Å². The second-order valence-corrected chi connectivity index (χ2v) is 7.25. The van der Waals surface area contributed by atoms with E-state index >= 15 is 0 Å². The Labute approximate surface area is 156 Å². The first-order chi connectivity index (χ1) is 12.1. The number of benzene rings is 1. The molecule has 0 aromatic heterocycles. The van der Waals surface area contributed by atoms with E-state index in [1.54, 1.807) is 12.1 Å². The summed E-state index contributed by atoms with van der Waals surface area (Å²) in [7, 11) is 0. The molecule has 1 saturated heterocycles. The Morgan fingerprint density at radius 3 is 2.52 bits per heavy atom. The van der Waals surface area contributed by atoms with Crippen LogP contribution in [0.1, 0.15) is 62.7 Å². The monoisotopic (exact) mass is 362 g/mol. The molecule has 1 aromatic carbocycles. The largest absolute Gasteiger partial charge is 0.494 e. The van der Waals surface area contributed by atoms with Gasteiger partial charge in [0.2, 0.25) is 0 Å². The minimum absolute atomic E-state index is 0.155. The molecule has 2 rings (SSSR count). The standard InChI is InChI=1S/C20H30N2O2S/c1-3-4-5-6-15-24-18-9-7-17(8-10-18)19(23)21-20(25)22-13-11-16(2)12-14-22/h7-10,16H,3-6,11-15H2,1-2H3,(H,21,23,25). The van der Waals surface area contributed by atoms with Crippen molar-refractivity contribution in [3.8, 4) is 5.75 Å². The van der Waals surface area contributed by atoms with E-state index in [-0.39, 0.29) is 5.91 Å². The molecule has 1 aromatic rings. The lowest BCUT2D eigenvalue weighted by atomic mass is 10.00. The minimum Gasteiger partial charge on any atom is -0.494 e. The number of likely N-dealkylation sites (tertiary alicyclic amines) is 1. The summed E-state index contributed by atoms with van der Waals surface area (Å²) in [6.45, 7) is 7.02. The van der Waals surface area contributed by atoms with Crippen LogP contribution in [0.25, 0.3) is 0 Å². The molecule has 1 fully saturated rings. The van der Waals surface area contributed by atoms with Gasteiger partial charge in [-0.3, -0.25) is 10.1 Å². The Balaban J connectivity index is 1.76. The third-order valence-electron chi connectivity index (χ3n) is 4.67. The number of carbonyl (C=O) groups excluding carboxylic acids is 1. The summed E-state index contributed by atoms with van der Waals surface area (Å²) in [5.74, 6) is 1.39. The average molecular weight is 363 g/mol. The van der Waals surface area contributed by atoms with Crippen molar-refractivity contribution < 1.29 is 9.53 Å². The van der Waals surface area contributed by atoms with Gasteiger partial charge in [0.05, 0.1) is 6.61 Å². The fraction of sp³-hybridized carbons (Fsp3) is 0.600. The van der Waals surface area contributed by atoms with Crippen molar-refractivity contribution in [2.45, 2.75) is 52.4 Å². The van der Waals surface area contributed by atoms with Crippen LogP contribution in [0.2, 0.25) is 0 Å². The molecule has 0 bridgehead atoms. The lowest BCUT2D eigenvalue weighted by Crippen LogP contribution is -2.46. The van der Waals surface area contributed by atoms with E-state index in [4.69, 9.17) is 17.0 Å². The highest BCUT2D eigenvalue weighted by Gasteiger charge is 2.19. The number of nitrogens with zero attached hydrogens (tertiary/aromatic N) is 1. The molecular formula is C20H30N2O2S. The van der Waals surface area contributed by atoms with E-state index in [0.29, 0.717) is 10.7 Å². The number of nitrogens with one attached hydrogen (secondary N) is 1. The lowest BCUT2D eigenvalue weighted by Gasteiger charge is -2.32. The van der Waals surface area contributed by atoms with Gasteiger partial charge in [-0.1, -0.05) is 33.1 Å². The summed E-state index contributed by atoms with van der Waals surface area (Å²) < 4.78 is 5.71. The summed E-state index contributed by atoms with van der Waals surface area (Å²) in [6, 6.07) is 7.27. The molecule has 1 amide bonds. The van der Waals surface area contributed by atoms with Crippen molar-refractivity contribution >= 4 is 23.2 Å². The predicted molar refractivity (Wildman–Crippen MR) is 106 cm³/mol. The first kappa shape index (κ1) is 19.7. The Morgan fingerprint density at radius 1 is 1.20 bits per heavy atom. The van der Waals surface area contributed by atoms with Gasteiger partial charge in [0.1, 0.15) is 5.75 Å². The maximum atomic E-state index is 12.3. The molecule has 0 spiro atoms. The number of rotatable bonds is 7. The normalized spacial score (nSPS) is 15.0. The fourth-order valence-electron chi connectivity index (χ4n) is 2.88. The smallest absolute Gasteiger partial charge is 0.257 e. The molecule has 0 aliphatic carbocycles. The van der Waals surface area contributed by atoms with Gasteiger partial charge in [0.15, 0.2) is 5.11 Å². The Morgan fingerprint density at radius 2 is 1.88 bits per heavy atom. The molecule has 5 heteroatoms. The topological polar surface area (TPSA) is 41.6 Å². The highest BCUT2D eigenvalue weighted by molar-refractivity contribution is 7.80. The van der Waals surface area contributed by atoms with Crippen LogP contribution in [0.3, 0.4) is 0 Å². The van der Waals surface area contributed by atoms with E-state index in [2.05, 4.69) is 24.1 Å². The van der Waals surface area contributed by atoms with Gasteiger partial charge in [-0.05, 0) is 61.7 Å². The van der Waals surface area contributed by atoms with Gasteiger partial charge in [-0.25, -0.2) is 0 Å². The van der Waals surface area contributed by atoms with Crippen molar-refractivity contribution in [3.05, 3.63) is 29.8 Å². The van der Waals surface area contributed by atoms with Crippen LogP contribution in [0.5, 0.6) is 5.75 Å². The fourth-order valence-corrected chi connectivity index (χ4v) is 3.16. The Hall–Kier alpha value is -1.62. The Kier molecular flexibility index (Phi) is 8.19. The van der Waals surface area contributed by atoms with Crippen LogP contribution < -0.4 is 10.1 Å². The average Bonchev–Trinajstić information content (AvgIpc) is 2.62. The summed E-state index contributed by atoms with van der Waals surface area (Å²) in [5.41, 5.74) is 0.603. The molecule has 0 radical (unpaired) electrons. The highest BCUT2D eigenvalue weighted by Crippen LogP contribution is 2.16. The Bertz CT molecular complexity index is 551. The number of ether oxygens (including phenoxy) is 1. The molecule has 0 saturated carbocycles. The third-order valence-corrected chi connectivity index (χ3v) is 5.03. The van der Waals surface area contributed by atoms with Crippen molar-refractivity contribution in [1.82, 2.24) is 10.2 Å². The van der Waals surface area contributed by atoms with Gasteiger partial charge in [0.25, 0.3) is 5.91 Å². The molecule has 1 N–H and O–H groups in total. The van der Waals surface area contributed by atoms with E-state index in [1.807, 2.05) is 12.1 Å². The molecule has 1 heterocycles. The van der Waals surface area contributed by atoms with Crippen LogP contribution in [-0.2, 0) is 0 Å². The molecular weight excluding hydrogens is 332 g/mol. The molecule has 0 unspecified atom stereocenters. The van der Waals surface area contributed by atoms with Crippen LogP contribution in [0.15, 0.2) is 24.3 Å². The van der Waals surface area contributed by atoms with E-state index in [0.717, 1.165) is 50.6 Å². The first-order valence-electron chi connectivity index (χ1n) is 9.43. The number of carbonyl (C=O) groups is 1. The van der Waals surface area contributed by atoms with E-state index in [9.17, 15) is 4.79 Å². The molecule has 0 atom stereocenters. The summed E-state index contributed by atoms with van der Waals surface area (Å²) in [5, 5.41) is 3.38. The van der Waals surface area contributed by atoms with Gasteiger partial charge in [-0.2, -0.15) is 0 Å². The number of hydrogen-bond donors (Lipinski definition) is 1. The van der Waals surface area contributed by atoms with E-state index in [1.165, 1.54) is 19.3 Å². The number of unbranched alkanes of at least 4 members (excludes halogenated alkanes) is 3. The zero-order valence-corrected chi connectivity index (χ0v) is 16.2. The second kappa shape index (κ2) is 10.4. The maximum Gasteiger partial charge on any atom is 0.257 e. The number of piperidine rings is 1. The maximum absolute atomic E-state index is 12.3. The number of hydrogen-bond acceptors (Lipinski definition) is 3. The first-order valence-corrected chi connectivity index (χ1v) is 9.84. The molecule has 1 aliphatic rings. The summed E-state index contributed by atoms with van der Waals surface area (Å²) >= 11 is 5.38. The van der Waals surface area contributed by atoms with Crippen molar-refractivity contribution in [2.75, 3.05) is 19.7 Å².